The van der Waals surface area contributed by atoms with Gasteiger partial charge in [0.15, 0.2) is 11.5 Å². The molecule has 24 heavy (non-hydrogen) atoms. The van der Waals surface area contributed by atoms with E-state index in [4.69, 9.17) is 14.2 Å². The van der Waals surface area contributed by atoms with Crippen LogP contribution in [0.3, 0.4) is 0 Å². The van der Waals surface area contributed by atoms with Crippen molar-refractivity contribution in [1.29, 1.82) is 0 Å². The van der Waals surface area contributed by atoms with Crippen LogP contribution < -0.4 is 9.47 Å². The summed E-state index contributed by atoms with van der Waals surface area (Å²) in [6.45, 7) is 4.09. The molecule has 0 spiro atoms. The highest BCUT2D eigenvalue weighted by Crippen LogP contribution is 2.28. The minimum Gasteiger partial charge on any atom is -0.493 e. The van der Waals surface area contributed by atoms with Crippen molar-refractivity contribution in [3.8, 4) is 11.5 Å². The summed E-state index contributed by atoms with van der Waals surface area (Å²) in [4.78, 5) is 27.5. The SMILES string of the molecule is COc1ccc(CN(CC(=O)N2CCOCC2)C(C)=O)cc1OC. The van der Waals surface area contributed by atoms with Gasteiger partial charge in [-0.25, -0.2) is 0 Å². The van der Waals surface area contributed by atoms with Gasteiger partial charge in [0.2, 0.25) is 11.8 Å². The highest BCUT2D eigenvalue weighted by atomic mass is 16.5. The van der Waals surface area contributed by atoms with E-state index in [0.717, 1.165) is 5.56 Å². The molecule has 1 heterocycles. The van der Waals surface area contributed by atoms with Crippen molar-refractivity contribution in [2.24, 2.45) is 0 Å². The van der Waals surface area contributed by atoms with E-state index >= 15 is 0 Å². The van der Waals surface area contributed by atoms with Gasteiger partial charge in [-0.2, -0.15) is 0 Å². The number of hydrogen-bond acceptors (Lipinski definition) is 5. The van der Waals surface area contributed by atoms with Gasteiger partial charge in [0.05, 0.1) is 27.4 Å². The van der Waals surface area contributed by atoms with Crippen LogP contribution in [0.1, 0.15) is 12.5 Å². The Balaban J connectivity index is 2.05. The summed E-state index contributed by atoms with van der Waals surface area (Å²) in [5.41, 5.74) is 0.873. The van der Waals surface area contributed by atoms with Crippen LogP contribution >= 0.6 is 0 Å². The van der Waals surface area contributed by atoms with E-state index in [1.807, 2.05) is 12.1 Å². The largest absolute Gasteiger partial charge is 0.493 e. The predicted octanol–water partition coefficient (Wildman–Crippen LogP) is 0.911. The summed E-state index contributed by atoms with van der Waals surface area (Å²) in [6.07, 6.45) is 0. The second-order valence-corrected chi connectivity index (χ2v) is 5.56. The zero-order valence-electron chi connectivity index (χ0n) is 14.4. The Bertz CT molecular complexity index is 584. The molecule has 0 N–H and O–H groups in total. The zero-order valence-corrected chi connectivity index (χ0v) is 14.4. The monoisotopic (exact) mass is 336 g/mol. The van der Waals surface area contributed by atoms with Crippen molar-refractivity contribution in [1.82, 2.24) is 9.80 Å². The minimum absolute atomic E-state index is 0.0592. The zero-order chi connectivity index (χ0) is 17.5. The molecular weight excluding hydrogens is 312 g/mol. The first-order chi connectivity index (χ1) is 11.5. The van der Waals surface area contributed by atoms with Gasteiger partial charge in [0.25, 0.3) is 0 Å². The Morgan fingerprint density at radius 3 is 2.42 bits per heavy atom. The molecular formula is C17H24N2O5. The van der Waals surface area contributed by atoms with Crippen LogP contribution in [0.4, 0.5) is 0 Å². The predicted molar refractivity (Wildman–Crippen MR) is 88.0 cm³/mol. The molecule has 7 heteroatoms. The molecule has 1 saturated heterocycles. The molecule has 0 radical (unpaired) electrons. The number of methoxy groups -OCH3 is 2. The second-order valence-electron chi connectivity index (χ2n) is 5.56. The lowest BCUT2D eigenvalue weighted by atomic mass is 10.2. The molecule has 0 aromatic heterocycles. The van der Waals surface area contributed by atoms with E-state index in [1.165, 1.54) is 11.8 Å². The van der Waals surface area contributed by atoms with Crippen LogP contribution in [0.2, 0.25) is 0 Å². The maximum Gasteiger partial charge on any atom is 0.242 e. The summed E-state index contributed by atoms with van der Waals surface area (Å²) in [6, 6.07) is 5.46. The Hall–Kier alpha value is -2.28. The first kappa shape index (κ1) is 18.1. The lowest BCUT2D eigenvalue weighted by Gasteiger charge is -2.29. The van der Waals surface area contributed by atoms with Crippen molar-refractivity contribution in [3.63, 3.8) is 0 Å². The summed E-state index contributed by atoms with van der Waals surface area (Å²) >= 11 is 0. The van der Waals surface area contributed by atoms with E-state index < -0.39 is 0 Å². The Kier molecular flexibility index (Phi) is 6.43. The highest BCUT2D eigenvalue weighted by molar-refractivity contribution is 5.83. The molecule has 1 aliphatic rings. The van der Waals surface area contributed by atoms with Crippen LogP contribution in [0.15, 0.2) is 18.2 Å². The number of rotatable bonds is 6. The maximum absolute atomic E-state index is 12.4. The van der Waals surface area contributed by atoms with Gasteiger partial charge in [0, 0.05) is 26.6 Å². The fourth-order valence-electron chi connectivity index (χ4n) is 2.55. The molecule has 7 nitrogen and oxygen atoms in total. The summed E-state index contributed by atoms with van der Waals surface area (Å²) in [7, 11) is 3.13. The van der Waals surface area contributed by atoms with Crippen molar-refractivity contribution in [3.05, 3.63) is 23.8 Å². The van der Waals surface area contributed by atoms with E-state index in [2.05, 4.69) is 0 Å². The van der Waals surface area contributed by atoms with E-state index in [-0.39, 0.29) is 18.4 Å². The van der Waals surface area contributed by atoms with Crippen molar-refractivity contribution < 1.29 is 23.8 Å². The second kappa shape index (κ2) is 8.54. The average molecular weight is 336 g/mol. The fourth-order valence-corrected chi connectivity index (χ4v) is 2.55. The summed E-state index contributed by atoms with van der Waals surface area (Å²) < 4.78 is 15.7. The molecule has 1 fully saturated rings. The van der Waals surface area contributed by atoms with Crippen LogP contribution in [-0.4, -0.2) is 68.7 Å². The smallest absolute Gasteiger partial charge is 0.242 e. The van der Waals surface area contributed by atoms with Crippen molar-refractivity contribution in [2.45, 2.75) is 13.5 Å². The van der Waals surface area contributed by atoms with Gasteiger partial charge in [-0.05, 0) is 17.7 Å². The third-order valence-electron chi connectivity index (χ3n) is 3.96. The fraction of sp³-hybridized carbons (Fsp3) is 0.529. The number of amides is 2. The van der Waals surface area contributed by atoms with Gasteiger partial charge in [0.1, 0.15) is 6.54 Å². The third kappa shape index (κ3) is 4.61. The number of ether oxygens (including phenoxy) is 3. The van der Waals surface area contributed by atoms with Gasteiger partial charge in [-0.3, -0.25) is 9.59 Å². The molecule has 1 aromatic carbocycles. The third-order valence-corrected chi connectivity index (χ3v) is 3.96. The number of benzene rings is 1. The van der Waals surface area contributed by atoms with Gasteiger partial charge < -0.3 is 24.0 Å². The normalized spacial score (nSPS) is 14.2. The number of morpholine rings is 1. The van der Waals surface area contributed by atoms with Gasteiger partial charge >= 0.3 is 0 Å². The first-order valence-electron chi connectivity index (χ1n) is 7.87. The van der Waals surface area contributed by atoms with E-state index in [0.29, 0.717) is 44.3 Å². The number of hydrogen-bond donors (Lipinski definition) is 0. The quantitative estimate of drug-likeness (QED) is 0.772. The van der Waals surface area contributed by atoms with Crippen LogP contribution in [-0.2, 0) is 20.9 Å². The molecule has 0 unspecified atom stereocenters. The molecule has 132 valence electrons. The van der Waals surface area contributed by atoms with Crippen LogP contribution in [0.25, 0.3) is 0 Å². The molecule has 1 aliphatic heterocycles. The molecule has 2 rings (SSSR count). The lowest BCUT2D eigenvalue weighted by molar-refractivity contribution is -0.142. The molecule has 0 saturated carbocycles. The molecule has 0 atom stereocenters. The molecule has 0 bridgehead atoms. The number of carbonyl (C=O) groups excluding carboxylic acids is 2. The standard InChI is InChI=1S/C17H24N2O5/c1-13(20)19(12-17(21)18-6-8-24-9-7-18)11-14-4-5-15(22-2)16(10-14)23-3/h4-5,10H,6-9,11-12H2,1-3H3. The number of carbonyl (C=O) groups is 2. The minimum atomic E-state index is -0.147. The molecule has 2 amide bonds. The summed E-state index contributed by atoms with van der Waals surface area (Å²) in [5.74, 6) is 1.01. The number of nitrogens with zero attached hydrogens (tertiary/aromatic N) is 2. The summed E-state index contributed by atoms with van der Waals surface area (Å²) in [5, 5.41) is 0. The van der Waals surface area contributed by atoms with Crippen LogP contribution in [0.5, 0.6) is 11.5 Å². The van der Waals surface area contributed by atoms with Crippen molar-refractivity contribution >= 4 is 11.8 Å². The van der Waals surface area contributed by atoms with E-state index in [1.54, 1.807) is 25.2 Å². The first-order valence-corrected chi connectivity index (χ1v) is 7.87. The topological polar surface area (TPSA) is 68.3 Å². The Morgan fingerprint density at radius 1 is 1.17 bits per heavy atom. The Labute approximate surface area is 142 Å². The van der Waals surface area contributed by atoms with Crippen LogP contribution in [0, 0.1) is 0 Å². The lowest BCUT2D eigenvalue weighted by Crippen LogP contribution is -2.46. The molecule has 0 aliphatic carbocycles. The maximum atomic E-state index is 12.4. The molecule has 1 aromatic rings. The van der Waals surface area contributed by atoms with E-state index in [9.17, 15) is 9.59 Å². The van der Waals surface area contributed by atoms with Gasteiger partial charge in [-0.15, -0.1) is 0 Å². The Morgan fingerprint density at radius 2 is 1.83 bits per heavy atom. The highest BCUT2D eigenvalue weighted by Gasteiger charge is 2.21. The van der Waals surface area contributed by atoms with Crippen molar-refractivity contribution in [2.75, 3.05) is 47.1 Å². The van der Waals surface area contributed by atoms with Gasteiger partial charge in [-0.1, -0.05) is 6.07 Å². The average Bonchev–Trinajstić information content (AvgIpc) is 2.61.